The first-order valence-electron chi connectivity index (χ1n) is 7.79. The highest BCUT2D eigenvalue weighted by Crippen LogP contribution is 2.33. The van der Waals surface area contributed by atoms with Crippen molar-refractivity contribution in [3.05, 3.63) is 65.7 Å². The summed E-state index contributed by atoms with van der Waals surface area (Å²) in [4.78, 5) is 14.6. The minimum absolute atomic E-state index is 0.0516. The van der Waals surface area contributed by atoms with Crippen LogP contribution in [0.15, 0.2) is 54.6 Å². The molecule has 1 aliphatic rings. The molecule has 2 aromatic rings. The van der Waals surface area contributed by atoms with Crippen LogP contribution in [-0.4, -0.2) is 22.5 Å². The molecule has 1 N–H and O–H groups in total. The maximum absolute atomic E-state index is 12.7. The number of phenolic OH excluding ortho intramolecular Hbond substituents is 1. The number of hydrogen-bond acceptors (Lipinski definition) is 2. The van der Waals surface area contributed by atoms with Gasteiger partial charge in [0.15, 0.2) is 0 Å². The van der Waals surface area contributed by atoms with E-state index in [1.165, 1.54) is 5.56 Å². The Kier molecular flexibility index (Phi) is 4.14. The molecular formula is C19H21NO2. The van der Waals surface area contributed by atoms with Gasteiger partial charge in [0.2, 0.25) is 5.91 Å². The number of phenols is 1. The van der Waals surface area contributed by atoms with Crippen LogP contribution in [0.4, 0.5) is 0 Å². The van der Waals surface area contributed by atoms with Crippen molar-refractivity contribution in [3.8, 4) is 5.75 Å². The molecule has 1 fully saturated rings. The topological polar surface area (TPSA) is 40.5 Å². The number of likely N-dealkylation sites (tertiary alicyclic amines) is 1. The van der Waals surface area contributed by atoms with E-state index in [9.17, 15) is 9.90 Å². The van der Waals surface area contributed by atoms with Gasteiger partial charge >= 0.3 is 0 Å². The van der Waals surface area contributed by atoms with Crippen LogP contribution in [-0.2, 0) is 11.2 Å². The van der Waals surface area contributed by atoms with Crippen molar-refractivity contribution in [2.45, 2.75) is 25.8 Å². The Morgan fingerprint density at radius 1 is 1.14 bits per heavy atom. The molecule has 0 aromatic heterocycles. The van der Waals surface area contributed by atoms with Crippen LogP contribution in [0.5, 0.6) is 5.75 Å². The summed E-state index contributed by atoms with van der Waals surface area (Å²) < 4.78 is 0. The first kappa shape index (κ1) is 14.6. The van der Waals surface area contributed by atoms with Gasteiger partial charge in [-0.2, -0.15) is 0 Å². The fourth-order valence-electron chi connectivity index (χ4n) is 3.24. The van der Waals surface area contributed by atoms with Gasteiger partial charge in [0.25, 0.3) is 0 Å². The second-order valence-electron chi connectivity index (χ2n) is 5.94. The molecule has 0 radical (unpaired) electrons. The maximum Gasteiger partial charge on any atom is 0.226 e. The Bertz CT molecular complexity index is 653. The third-order valence-electron chi connectivity index (χ3n) is 4.53. The van der Waals surface area contributed by atoms with Crippen LogP contribution in [0, 0.1) is 5.92 Å². The molecule has 3 heteroatoms. The van der Waals surface area contributed by atoms with Gasteiger partial charge in [-0.15, -0.1) is 0 Å². The predicted octanol–water partition coefficient (Wildman–Crippen LogP) is 3.54. The molecule has 1 amide bonds. The fourth-order valence-corrected chi connectivity index (χ4v) is 3.24. The van der Waals surface area contributed by atoms with Crippen molar-refractivity contribution < 1.29 is 9.90 Å². The summed E-state index contributed by atoms with van der Waals surface area (Å²) in [5.41, 5.74) is 2.02. The molecular weight excluding hydrogens is 274 g/mol. The van der Waals surface area contributed by atoms with Crippen LogP contribution in [0.2, 0.25) is 0 Å². The van der Waals surface area contributed by atoms with Crippen LogP contribution in [0.25, 0.3) is 0 Å². The molecule has 2 unspecified atom stereocenters. The van der Waals surface area contributed by atoms with E-state index in [2.05, 4.69) is 12.1 Å². The van der Waals surface area contributed by atoms with E-state index < -0.39 is 0 Å². The Morgan fingerprint density at radius 2 is 1.82 bits per heavy atom. The molecule has 3 rings (SSSR count). The van der Waals surface area contributed by atoms with E-state index in [1.807, 2.05) is 42.2 Å². The van der Waals surface area contributed by atoms with Crippen molar-refractivity contribution in [2.24, 2.45) is 5.92 Å². The van der Waals surface area contributed by atoms with Gasteiger partial charge in [-0.1, -0.05) is 48.5 Å². The Labute approximate surface area is 131 Å². The summed E-state index contributed by atoms with van der Waals surface area (Å²) in [5, 5.41) is 9.99. The Hall–Kier alpha value is -2.29. The van der Waals surface area contributed by atoms with Crippen molar-refractivity contribution >= 4 is 5.91 Å². The lowest BCUT2D eigenvalue weighted by molar-refractivity contribution is -0.132. The number of rotatable bonds is 4. The normalized spacial score (nSPS) is 19.4. The molecule has 1 saturated heterocycles. The van der Waals surface area contributed by atoms with E-state index in [0.29, 0.717) is 0 Å². The fraction of sp³-hybridized carbons (Fsp3) is 0.316. The largest absolute Gasteiger partial charge is 0.508 e. The Balaban J connectivity index is 1.72. The number of carbonyl (C=O) groups is 1. The average molecular weight is 295 g/mol. The number of carbonyl (C=O) groups excluding carboxylic acids is 1. The van der Waals surface area contributed by atoms with Crippen molar-refractivity contribution in [2.75, 3.05) is 6.54 Å². The highest BCUT2D eigenvalue weighted by molar-refractivity contribution is 5.81. The predicted molar refractivity (Wildman–Crippen MR) is 86.5 cm³/mol. The van der Waals surface area contributed by atoms with Gasteiger partial charge in [-0.25, -0.2) is 0 Å². The van der Waals surface area contributed by atoms with Crippen LogP contribution >= 0.6 is 0 Å². The summed E-state index contributed by atoms with van der Waals surface area (Å²) in [7, 11) is 0. The molecule has 1 heterocycles. The van der Waals surface area contributed by atoms with Crippen LogP contribution in [0.1, 0.15) is 30.5 Å². The van der Waals surface area contributed by atoms with Crippen LogP contribution in [0.3, 0.4) is 0 Å². The number of amides is 1. The minimum Gasteiger partial charge on any atom is -0.508 e. The zero-order valence-corrected chi connectivity index (χ0v) is 12.8. The van der Waals surface area contributed by atoms with Crippen LogP contribution < -0.4 is 0 Å². The molecule has 0 bridgehead atoms. The third kappa shape index (κ3) is 2.84. The summed E-state index contributed by atoms with van der Waals surface area (Å²) in [6.45, 7) is 2.74. The van der Waals surface area contributed by atoms with Gasteiger partial charge < -0.3 is 10.0 Å². The summed E-state index contributed by atoms with van der Waals surface area (Å²) in [6, 6.07) is 17.3. The molecule has 2 aromatic carbocycles. The van der Waals surface area contributed by atoms with Crippen molar-refractivity contribution in [3.63, 3.8) is 0 Å². The van der Waals surface area contributed by atoms with Crippen molar-refractivity contribution in [1.29, 1.82) is 0 Å². The highest BCUT2D eigenvalue weighted by Gasteiger charge is 2.35. The molecule has 114 valence electrons. The minimum atomic E-state index is -0.0885. The lowest BCUT2D eigenvalue weighted by Crippen LogP contribution is -2.30. The molecule has 1 aliphatic heterocycles. The van der Waals surface area contributed by atoms with Gasteiger partial charge in [0.1, 0.15) is 5.75 Å². The first-order valence-corrected chi connectivity index (χ1v) is 7.79. The number of benzene rings is 2. The Morgan fingerprint density at radius 3 is 2.55 bits per heavy atom. The monoisotopic (exact) mass is 295 g/mol. The molecule has 0 aliphatic carbocycles. The van der Waals surface area contributed by atoms with E-state index in [0.717, 1.165) is 24.9 Å². The van der Waals surface area contributed by atoms with E-state index >= 15 is 0 Å². The van der Waals surface area contributed by atoms with E-state index in [4.69, 9.17) is 0 Å². The number of hydrogen-bond donors (Lipinski definition) is 1. The zero-order chi connectivity index (χ0) is 15.5. The lowest BCUT2D eigenvalue weighted by Gasteiger charge is -2.26. The molecule has 0 spiro atoms. The molecule has 2 atom stereocenters. The summed E-state index contributed by atoms with van der Waals surface area (Å²) >= 11 is 0. The van der Waals surface area contributed by atoms with Gasteiger partial charge in [0, 0.05) is 18.0 Å². The van der Waals surface area contributed by atoms with Gasteiger partial charge in [-0.05, 0) is 31.4 Å². The SMILES string of the molecule is CC(c1ccccc1O)N1CCC(Cc2ccccc2)C1=O. The smallest absolute Gasteiger partial charge is 0.226 e. The zero-order valence-electron chi connectivity index (χ0n) is 12.8. The number of para-hydroxylation sites is 1. The van der Waals surface area contributed by atoms with Crippen molar-refractivity contribution in [1.82, 2.24) is 4.90 Å². The van der Waals surface area contributed by atoms with E-state index in [-0.39, 0.29) is 23.6 Å². The summed E-state index contributed by atoms with van der Waals surface area (Å²) in [6.07, 6.45) is 1.68. The second-order valence-corrected chi connectivity index (χ2v) is 5.94. The average Bonchev–Trinajstić information content (AvgIpc) is 2.89. The molecule has 0 saturated carbocycles. The number of aromatic hydroxyl groups is 1. The highest BCUT2D eigenvalue weighted by atomic mass is 16.3. The summed E-state index contributed by atoms with van der Waals surface area (Å²) in [5.74, 6) is 0.504. The lowest BCUT2D eigenvalue weighted by atomic mass is 9.98. The molecule has 22 heavy (non-hydrogen) atoms. The van der Waals surface area contributed by atoms with Gasteiger partial charge in [-0.3, -0.25) is 4.79 Å². The number of nitrogens with zero attached hydrogens (tertiary/aromatic N) is 1. The second kappa shape index (κ2) is 6.22. The van der Waals surface area contributed by atoms with Gasteiger partial charge in [0.05, 0.1) is 6.04 Å². The first-order chi connectivity index (χ1) is 10.7. The maximum atomic E-state index is 12.7. The van der Waals surface area contributed by atoms with E-state index in [1.54, 1.807) is 12.1 Å². The quantitative estimate of drug-likeness (QED) is 0.937. The molecule has 3 nitrogen and oxygen atoms in total. The standard InChI is InChI=1S/C19H21NO2/c1-14(17-9-5-6-10-18(17)21)20-12-11-16(19(20)22)13-15-7-3-2-4-8-15/h2-10,14,16,21H,11-13H2,1H3. The third-order valence-corrected chi connectivity index (χ3v) is 4.53.